The van der Waals surface area contributed by atoms with Gasteiger partial charge in [0.2, 0.25) is 0 Å². The first-order chi connectivity index (χ1) is 5.04. The molecule has 0 bridgehead atoms. The second-order valence-corrected chi connectivity index (χ2v) is 4.84. The molecule has 0 heterocycles. The molecule has 0 aromatic carbocycles. The molecule has 0 amide bonds. The normalized spacial score (nSPS) is 18.8. The molecule has 2 unspecified atom stereocenters. The summed E-state index contributed by atoms with van der Waals surface area (Å²) in [4.78, 5) is 0. The van der Waals surface area contributed by atoms with E-state index in [0.29, 0.717) is 11.6 Å². The van der Waals surface area contributed by atoms with Gasteiger partial charge in [0.15, 0.2) is 0 Å². The molecular weight excluding hydrogens is 180 g/mol. The SMILES string of the molecule is C=CC(C)(CCl)CCS(C)=O. The Bertz CT molecular complexity index is 158. The van der Waals surface area contributed by atoms with E-state index in [-0.39, 0.29) is 5.41 Å². The fourth-order valence-corrected chi connectivity index (χ4v) is 1.60. The van der Waals surface area contributed by atoms with Crippen molar-refractivity contribution < 1.29 is 4.21 Å². The Labute approximate surface area is 76.3 Å². The summed E-state index contributed by atoms with van der Waals surface area (Å²) in [5.41, 5.74) is -0.0484. The lowest BCUT2D eigenvalue weighted by atomic mass is 9.90. The van der Waals surface area contributed by atoms with Crippen LogP contribution < -0.4 is 0 Å². The highest BCUT2D eigenvalue weighted by molar-refractivity contribution is 7.84. The zero-order chi connectivity index (χ0) is 8.91. The summed E-state index contributed by atoms with van der Waals surface area (Å²) >= 11 is 5.72. The molecule has 0 radical (unpaired) electrons. The highest BCUT2D eigenvalue weighted by Crippen LogP contribution is 2.24. The average molecular weight is 195 g/mol. The Hall–Kier alpha value is 0.180. The van der Waals surface area contributed by atoms with Crippen LogP contribution in [0.15, 0.2) is 12.7 Å². The first-order valence-electron chi connectivity index (χ1n) is 3.53. The Morgan fingerprint density at radius 1 is 1.73 bits per heavy atom. The van der Waals surface area contributed by atoms with Crippen molar-refractivity contribution in [1.29, 1.82) is 0 Å². The molecule has 66 valence electrons. The van der Waals surface area contributed by atoms with E-state index in [0.717, 1.165) is 6.42 Å². The molecule has 0 aliphatic rings. The van der Waals surface area contributed by atoms with Crippen LogP contribution in [-0.2, 0) is 10.8 Å². The van der Waals surface area contributed by atoms with E-state index >= 15 is 0 Å². The molecule has 0 aromatic heterocycles. The first kappa shape index (κ1) is 11.2. The second kappa shape index (κ2) is 4.94. The van der Waals surface area contributed by atoms with Crippen LogP contribution in [0.2, 0.25) is 0 Å². The number of allylic oxidation sites excluding steroid dienone is 1. The highest BCUT2D eigenvalue weighted by Gasteiger charge is 2.18. The third-order valence-electron chi connectivity index (χ3n) is 1.76. The molecule has 0 aromatic rings. The number of halogens is 1. The Morgan fingerprint density at radius 2 is 2.27 bits per heavy atom. The van der Waals surface area contributed by atoms with Gasteiger partial charge in [-0.1, -0.05) is 13.0 Å². The fourth-order valence-electron chi connectivity index (χ4n) is 0.600. The van der Waals surface area contributed by atoms with Crippen LogP contribution in [0, 0.1) is 5.41 Å². The smallest absolute Gasteiger partial charge is 0.0312 e. The average Bonchev–Trinajstić information content (AvgIpc) is 2.00. The van der Waals surface area contributed by atoms with Gasteiger partial charge in [0.1, 0.15) is 0 Å². The maximum Gasteiger partial charge on any atom is 0.0312 e. The molecule has 0 aliphatic heterocycles. The number of hydrogen-bond acceptors (Lipinski definition) is 1. The predicted molar refractivity (Wildman–Crippen MR) is 52.6 cm³/mol. The molecule has 1 nitrogen and oxygen atoms in total. The van der Waals surface area contributed by atoms with Crippen molar-refractivity contribution in [3.8, 4) is 0 Å². The topological polar surface area (TPSA) is 17.1 Å². The standard InChI is InChI=1S/C8H15ClOS/c1-4-8(2,7-9)5-6-11(3)10/h4H,1,5-7H2,2-3H3. The summed E-state index contributed by atoms with van der Waals surface area (Å²) in [7, 11) is -0.722. The van der Waals surface area contributed by atoms with Gasteiger partial charge in [0, 0.05) is 28.7 Å². The van der Waals surface area contributed by atoms with Gasteiger partial charge in [-0.25, -0.2) is 0 Å². The Balaban J connectivity index is 3.87. The van der Waals surface area contributed by atoms with E-state index in [1.54, 1.807) is 6.26 Å². The fraction of sp³-hybridized carbons (Fsp3) is 0.750. The minimum absolute atomic E-state index is 0.0484. The molecule has 0 fully saturated rings. The summed E-state index contributed by atoms with van der Waals surface area (Å²) in [5, 5.41) is 0. The van der Waals surface area contributed by atoms with Crippen LogP contribution in [-0.4, -0.2) is 22.1 Å². The quantitative estimate of drug-likeness (QED) is 0.485. The molecule has 0 saturated heterocycles. The van der Waals surface area contributed by atoms with Gasteiger partial charge in [-0.2, -0.15) is 0 Å². The minimum atomic E-state index is -0.722. The van der Waals surface area contributed by atoms with Crippen LogP contribution in [0.5, 0.6) is 0 Å². The Kier molecular flexibility index (Phi) is 5.02. The summed E-state index contributed by atoms with van der Waals surface area (Å²) in [5.74, 6) is 1.25. The van der Waals surface area contributed by atoms with E-state index < -0.39 is 10.8 Å². The third kappa shape index (κ3) is 4.59. The molecule has 3 heteroatoms. The summed E-state index contributed by atoms with van der Waals surface area (Å²) < 4.78 is 10.8. The molecule has 2 atom stereocenters. The molecule has 0 aliphatic carbocycles. The van der Waals surface area contributed by atoms with Gasteiger partial charge in [-0.05, 0) is 11.8 Å². The van der Waals surface area contributed by atoms with E-state index in [2.05, 4.69) is 6.58 Å². The van der Waals surface area contributed by atoms with Crippen LogP contribution in [0.3, 0.4) is 0 Å². The summed E-state index contributed by atoms with van der Waals surface area (Å²) in [6.07, 6.45) is 4.40. The van der Waals surface area contributed by atoms with E-state index in [9.17, 15) is 4.21 Å². The molecule has 0 N–H and O–H groups in total. The summed E-state index contributed by atoms with van der Waals surface area (Å²) in [6, 6.07) is 0. The number of alkyl halides is 1. The van der Waals surface area contributed by atoms with Crippen LogP contribution in [0.1, 0.15) is 13.3 Å². The first-order valence-corrected chi connectivity index (χ1v) is 5.80. The zero-order valence-electron chi connectivity index (χ0n) is 7.10. The molecule has 0 spiro atoms. The summed E-state index contributed by atoms with van der Waals surface area (Å²) in [6.45, 7) is 5.73. The van der Waals surface area contributed by atoms with Crippen molar-refractivity contribution in [1.82, 2.24) is 0 Å². The molecule has 0 saturated carbocycles. The van der Waals surface area contributed by atoms with Gasteiger partial charge in [0.25, 0.3) is 0 Å². The number of hydrogen-bond donors (Lipinski definition) is 0. The van der Waals surface area contributed by atoms with Crippen LogP contribution in [0.25, 0.3) is 0 Å². The monoisotopic (exact) mass is 194 g/mol. The van der Waals surface area contributed by atoms with E-state index in [1.807, 2.05) is 13.0 Å². The Morgan fingerprint density at radius 3 is 2.55 bits per heavy atom. The van der Waals surface area contributed by atoms with Crippen molar-refractivity contribution in [2.24, 2.45) is 5.41 Å². The van der Waals surface area contributed by atoms with Crippen molar-refractivity contribution in [2.75, 3.05) is 17.9 Å². The predicted octanol–water partition coefficient (Wildman–Crippen LogP) is 2.19. The van der Waals surface area contributed by atoms with Crippen molar-refractivity contribution in [3.63, 3.8) is 0 Å². The van der Waals surface area contributed by atoms with Gasteiger partial charge < -0.3 is 0 Å². The van der Waals surface area contributed by atoms with Crippen molar-refractivity contribution >= 4 is 22.4 Å². The highest BCUT2D eigenvalue weighted by atomic mass is 35.5. The lowest BCUT2D eigenvalue weighted by Crippen LogP contribution is -2.17. The number of rotatable bonds is 5. The van der Waals surface area contributed by atoms with Crippen LogP contribution >= 0.6 is 11.6 Å². The molecule has 11 heavy (non-hydrogen) atoms. The second-order valence-electron chi connectivity index (χ2n) is 3.02. The lowest BCUT2D eigenvalue weighted by molar-refractivity contribution is 0.472. The molecule has 0 rings (SSSR count). The largest absolute Gasteiger partial charge is 0.260 e. The van der Waals surface area contributed by atoms with Crippen LogP contribution in [0.4, 0.5) is 0 Å². The maximum absolute atomic E-state index is 10.8. The van der Waals surface area contributed by atoms with E-state index in [1.165, 1.54) is 0 Å². The van der Waals surface area contributed by atoms with Gasteiger partial charge in [0.05, 0.1) is 0 Å². The van der Waals surface area contributed by atoms with Gasteiger partial charge >= 0.3 is 0 Å². The van der Waals surface area contributed by atoms with Crippen molar-refractivity contribution in [2.45, 2.75) is 13.3 Å². The van der Waals surface area contributed by atoms with Gasteiger partial charge in [-0.3, -0.25) is 4.21 Å². The molecular formula is C8H15ClOS. The lowest BCUT2D eigenvalue weighted by Gasteiger charge is -2.21. The maximum atomic E-state index is 10.8. The van der Waals surface area contributed by atoms with Crippen molar-refractivity contribution in [3.05, 3.63) is 12.7 Å². The zero-order valence-corrected chi connectivity index (χ0v) is 8.67. The van der Waals surface area contributed by atoms with E-state index in [4.69, 9.17) is 11.6 Å². The van der Waals surface area contributed by atoms with Gasteiger partial charge in [-0.15, -0.1) is 18.2 Å². The third-order valence-corrected chi connectivity index (χ3v) is 3.15. The minimum Gasteiger partial charge on any atom is -0.260 e.